The molecule has 0 heterocycles. The number of rotatable bonds is 9. The zero-order valence-electron chi connectivity index (χ0n) is 38.3. The number of ether oxygens (including phenoxy) is 4. The van der Waals surface area contributed by atoms with Crippen LogP contribution in [0.4, 0.5) is 0 Å². The fourth-order valence-corrected chi connectivity index (χ4v) is 11.5. The summed E-state index contributed by atoms with van der Waals surface area (Å²) in [7, 11) is 5.87. The quantitative estimate of drug-likeness (QED) is 0.0572. The summed E-state index contributed by atoms with van der Waals surface area (Å²) >= 11 is 0. The molecule has 0 saturated heterocycles. The van der Waals surface area contributed by atoms with E-state index in [-0.39, 0.29) is 29.2 Å². The van der Waals surface area contributed by atoms with Gasteiger partial charge in [-0.25, -0.2) is 4.79 Å². The highest BCUT2D eigenvalue weighted by Crippen LogP contribution is 2.56. The van der Waals surface area contributed by atoms with Crippen molar-refractivity contribution < 1.29 is 33.3 Å². The van der Waals surface area contributed by atoms with E-state index in [1.165, 1.54) is 98.4 Å². The van der Waals surface area contributed by atoms with Crippen LogP contribution in [0.1, 0.15) is 131 Å². The Bertz CT molecular complexity index is 1370. The van der Waals surface area contributed by atoms with Gasteiger partial charge in [0.15, 0.2) is 0 Å². The molecule has 8 aliphatic carbocycles. The highest BCUT2D eigenvalue weighted by atomic mass is 16.5. The van der Waals surface area contributed by atoms with Crippen LogP contribution in [0.25, 0.3) is 0 Å². The SMILES string of the molecule is C1=CC2CCC1C2.C1=CC2CCC1C2.C=C(C)C(=O)OC.C=CC(=C)OC.COC(=O)C(C)(C)CC1C2CCC(C2)C1C.COC(=O)C(C)CC1C2CCC(C2)C1C. The molecule has 0 aliphatic heterocycles. The fraction of sp³-hybridized carbons (Fsp3) is 0.745. The maximum absolute atomic E-state index is 11.7. The summed E-state index contributed by atoms with van der Waals surface area (Å²) < 4.78 is 18.6. The molecule has 0 aromatic heterocycles. The van der Waals surface area contributed by atoms with Crippen LogP contribution in [0.15, 0.2) is 61.4 Å². The van der Waals surface area contributed by atoms with E-state index < -0.39 is 0 Å². The van der Waals surface area contributed by atoms with E-state index in [0.29, 0.717) is 11.3 Å². The third-order valence-corrected chi connectivity index (χ3v) is 15.2. The number of carbonyl (C=O) groups is 3. The zero-order chi connectivity index (χ0) is 43.2. The average molecular weight is 807 g/mol. The second-order valence-corrected chi connectivity index (χ2v) is 19.5. The van der Waals surface area contributed by atoms with Crippen LogP contribution in [-0.4, -0.2) is 46.3 Å². The van der Waals surface area contributed by atoms with Crippen molar-refractivity contribution in [2.75, 3.05) is 28.4 Å². The topological polar surface area (TPSA) is 88.1 Å². The van der Waals surface area contributed by atoms with Crippen LogP contribution in [0.3, 0.4) is 0 Å². The molecule has 0 spiro atoms. The third kappa shape index (κ3) is 14.3. The van der Waals surface area contributed by atoms with Crippen LogP contribution in [-0.2, 0) is 33.3 Å². The number of hydrogen-bond acceptors (Lipinski definition) is 7. The van der Waals surface area contributed by atoms with Crippen molar-refractivity contribution in [3.63, 3.8) is 0 Å². The molecule has 58 heavy (non-hydrogen) atoms. The predicted molar refractivity (Wildman–Crippen MR) is 236 cm³/mol. The molecule has 0 radical (unpaired) electrons. The number of fused-ring (bicyclic) bond motifs is 8. The van der Waals surface area contributed by atoms with Crippen LogP contribution in [0, 0.1) is 82.3 Å². The first-order valence-corrected chi connectivity index (χ1v) is 22.6. The van der Waals surface area contributed by atoms with Crippen LogP contribution >= 0.6 is 0 Å². The van der Waals surface area contributed by atoms with Gasteiger partial charge in [0.25, 0.3) is 0 Å². The van der Waals surface area contributed by atoms with Crippen LogP contribution < -0.4 is 0 Å². The molecule has 6 fully saturated rings. The number of allylic oxidation sites excluding steroid dienone is 5. The Labute approximate surface area is 353 Å². The number of hydrogen-bond donors (Lipinski definition) is 0. The molecule has 7 heteroatoms. The number of carbonyl (C=O) groups excluding carboxylic acids is 3. The van der Waals surface area contributed by atoms with E-state index in [4.69, 9.17) is 9.47 Å². The highest BCUT2D eigenvalue weighted by molar-refractivity contribution is 5.86. The highest BCUT2D eigenvalue weighted by Gasteiger charge is 2.48. The Morgan fingerprint density at radius 2 is 1.09 bits per heavy atom. The average Bonchev–Trinajstić information content (AvgIpc) is 4.10. The van der Waals surface area contributed by atoms with Gasteiger partial charge in [0, 0.05) is 5.57 Å². The van der Waals surface area contributed by atoms with Crippen molar-refractivity contribution >= 4 is 17.9 Å². The largest absolute Gasteiger partial charge is 0.497 e. The maximum atomic E-state index is 11.7. The van der Waals surface area contributed by atoms with Gasteiger partial charge in [0.1, 0.15) is 5.76 Å². The molecule has 0 amide bonds. The Hall–Kier alpha value is -3.09. The minimum atomic E-state index is -0.347. The van der Waals surface area contributed by atoms with Crippen LogP contribution in [0.2, 0.25) is 0 Å². The van der Waals surface area contributed by atoms with E-state index in [1.807, 2.05) is 20.8 Å². The number of esters is 3. The second-order valence-electron chi connectivity index (χ2n) is 19.5. The summed E-state index contributed by atoms with van der Waals surface area (Å²) in [4.78, 5) is 33.3. The van der Waals surface area contributed by atoms with Gasteiger partial charge in [0.05, 0.1) is 39.8 Å². The smallest absolute Gasteiger partial charge is 0.332 e. The molecule has 8 bridgehead atoms. The predicted octanol–water partition coefficient (Wildman–Crippen LogP) is 12.1. The van der Waals surface area contributed by atoms with Crippen molar-refractivity contribution in [1.82, 2.24) is 0 Å². The van der Waals surface area contributed by atoms with E-state index in [1.54, 1.807) is 20.1 Å². The standard InChI is InChI=1S/C14H24O2.C13H22O2.2C7H10.C5H8O2.C5H8O/c1-9-10-5-6-11(7-10)12(9)8-14(2,3)13(15)16-4;1-8(13(14)15-3)6-12-9(2)10-4-5-11(12)7-10;2*1-2-7-4-3-6(1)5-7;1-4(2)5(6)7-3;1-4-5(2)6-3/h9-12H,5-8H2,1-4H3;8-12H,4-7H2,1-3H3;2*1-2,6-7H,3-5H2;1H2,2-3H3;4H,1-2H2,3H3. The van der Waals surface area contributed by atoms with Crippen LogP contribution in [0.5, 0.6) is 0 Å². The molecule has 0 N–H and O–H groups in total. The lowest BCUT2D eigenvalue weighted by atomic mass is 9.71. The minimum absolute atomic E-state index is 0.0371. The van der Waals surface area contributed by atoms with Gasteiger partial charge in [-0.15, -0.1) is 0 Å². The molecule has 328 valence electrons. The molecule has 8 rings (SSSR count). The summed E-state index contributed by atoms with van der Waals surface area (Å²) in [6, 6.07) is 0. The van der Waals surface area contributed by atoms with Crippen molar-refractivity contribution in [1.29, 1.82) is 0 Å². The Kier molecular flexibility index (Phi) is 20.1. The lowest BCUT2D eigenvalue weighted by Crippen LogP contribution is -2.32. The van der Waals surface area contributed by atoms with E-state index >= 15 is 0 Å². The summed E-state index contributed by atoms with van der Waals surface area (Å²) in [5.41, 5.74) is 0.125. The third-order valence-electron chi connectivity index (χ3n) is 15.2. The second kappa shape index (κ2) is 23.6. The molecule has 8 aliphatic rings. The summed E-state index contributed by atoms with van der Waals surface area (Å²) in [6.07, 6.45) is 30.4. The van der Waals surface area contributed by atoms with Crippen molar-refractivity contribution in [2.24, 2.45) is 82.3 Å². The van der Waals surface area contributed by atoms with Crippen molar-refractivity contribution in [3.8, 4) is 0 Å². The summed E-state index contributed by atoms with van der Waals surface area (Å²) in [5.74, 6) is 11.0. The van der Waals surface area contributed by atoms with Gasteiger partial charge < -0.3 is 18.9 Å². The van der Waals surface area contributed by atoms with Gasteiger partial charge in [-0.1, -0.05) is 64.8 Å². The molecule has 7 nitrogen and oxygen atoms in total. The first kappa shape index (κ1) is 49.3. The maximum Gasteiger partial charge on any atom is 0.332 e. The number of methoxy groups -OCH3 is 4. The zero-order valence-corrected chi connectivity index (χ0v) is 38.3. The summed E-state index contributed by atoms with van der Waals surface area (Å²) in [5, 5.41) is 0. The molecule has 6 saturated carbocycles. The monoisotopic (exact) mass is 807 g/mol. The Morgan fingerprint density at radius 3 is 1.33 bits per heavy atom. The molecule has 13 unspecified atom stereocenters. The van der Waals surface area contributed by atoms with E-state index in [9.17, 15) is 14.4 Å². The molecular formula is C51H82O7. The normalized spacial score (nSPS) is 33.6. The first-order chi connectivity index (χ1) is 27.5. The minimum Gasteiger partial charge on any atom is -0.497 e. The van der Waals surface area contributed by atoms with Crippen molar-refractivity contribution in [3.05, 3.63) is 61.4 Å². The Balaban J connectivity index is 0.000000196. The Morgan fingerprint density at radius 1 is 0.655 bits per heavy atom. The van der Waals surface area contributed by atoms with Gasteiger partial charge in [-0.05, 0) is 188 Å². The molecule has 0 aromatic rings. The first-order valence-electron chi connectivity index (χ1n) is 22.6. The molecule has 0 aromatic carbocycles. The molecule has 13 atom stereocenters. The van der Waals surface area contributed by atoms with Crippen molar-refractivity contribution in [2.45, 2.75) is 131 Å². The summed E-state index contributed by atoms with van der Waals surface area (Å²) in [6.45, 7) is 22.6. The fourth-order valence-electron chi connectivity index (χ4n) is 11.5. The van der Waals surface area contributed by atoms with E-state index in [0.717, 1.165) is 83.9 Å². The van der Waals surface area contributed by atoms with Gasteiger partial charge in [-0.2, -0.15) is 0 Å². The molecular weight excluding hydrogens is 725 g/mol. The van der Waals surface area contributed by atoms with Gasteiger partial charge in [-0.3, -0.25) is 9.59 Å². The van der Waals surface area contributed by atoms with Gasteiger partial charge >= 0.3 is 17.9 Å². The lowest BCUT2D eigenvalue weighted by Gasteiger charge is -2.33. The van der Waals surface area contributed by atoms with E-state index in [2.05, 4.69) is 67.4 Å². The lowest BCUT2D eigenvalue weighted by molar-refractivity contribution is -0.152. The van der Waals surface area contributed by atoms with Gasteiger partial charge in [0.2, 0.25) is 0 Å².